The SMILES string of the molecule is O=C(c1ccccc1F)N1CCc2nc(CCl)sc2C1. The molecule has 6 heteroatoms. The van der Waals surface area contributed by atoms with E-state index in [0.717, 1.165) is 15.6 Å². The third kappa shape index (κ3) is 2.43. The zero-order chi connectivity index (χ0) is 14.1. The van der Waals surface area contributed by atoms with Gasteiger partial charge in [0.05, 0.1) is 23.7 Å². The Morgan fingerprint density at radius 2 is 2.25 bits per heavy atom. The quantitative estimate of drug-likeness (QED) is 0.798. The van der Waals surface area contributed by atoms with E-state index in [4.69, 9.17) is 11.6 Å². The van der Waals surface area contributed by atoms with Crippen LogP contribution in [0.5, 0.6) is 0 Å². The lowest BCUT2D eigenvalue weighted by atomic mass is 10.1. The first-order chi connectivity index (χ1) is 9.69. The first-order valence-electron chi connectivity index (χ1n) is 6.26. The number of fused-ring (bicyclic) bond motifs is 1. The van der Waals surface area contributed by atoms with Crippen molar-refractivity contribution in [1.29, 1.82) is 0 Å². The van der Waals surface area contributed by atoms with Crippen LogP contribution in [0.2, 0.25) is 0 Å². The highest BCUT2D eigenvalue weighted by molar-refractivity contribution is 7.12. The Bertz CT molecular complexity index is 658. The van der Waals surface area contributed by atoms with E-state index >= 15 is 0 Å². The molecule has 1 aromatic carbocycles. The molecule has 1 aliphatic rings. The first kappa shape index (κ1) is 13.5. The van der Waals surface area contributed by atoms with E-state index in [1.54, 1.807) is 17.0 Å². The van der Waals surface area contributed by atoms with Gasteiger partial charge in [-0.05, 0) is 12.1 Å². The molecule has 0 saturated heterocycles. The van der Waals surface area contributed by atoms with Gasteiger partial charge in [-0.15, -0.1) is 22.9 Å². The van der Waals surface area contributed by atoms with Crippen molar-refractivity contribution in [2.45, 2.75) is 18.8 Å². The van der Waals surface area contributed by atoms with Gasteiger partial charge in [0.25, 0.3) is 5.91 Å². The number of rotatable bonds is 2. The zero-order valence-corrected chi connectivity index (χ0v) is 12.2. The van der Waals surface area contributed by atoms with Crippen LogP contribution in [0, 0.1) is 5.82 Å². The van der Waals surface area contributed by atoms with Crippen LogP contribution in [0.4, 0.5) is 4.39 Å². The first-order valence-corrected chi connectivity index (χ1v) is 7.61. The van der Waals surface area contributed by atoms with Crippen molar-refractivity contribution in [2.24, 2.45) is 0 Å². The lowest BCUT2D eigenvalue weighted by Gasteiger charge is -2.26. The van der Waals surface area contributed by atoms with Crippen molar-refractivity contribution in [2.75, 3.05) is 6.54 Å². The number of thiazole rings is 1. The third-order valence-corrected chi connectivity index (χ3v) is 4.78. The maximum absolute atomic E-state index is 13.7. The molecule has 2 heterocycles. The number of benzene rings is 1. The fourth-order valence-corrected chi connectivity index (χ4v) is 3.49. The maximum atomic E-state index is 13.7. The minimum Gasteiger partial charge on any atom is -0.333 e. The fraction of sp³-hybridized carbons (Fsp3) is 0.286. The van der Waals surface area contributed by atoms with Crippen molar-refractivity contribution in [3.63, 3.8) is 0 Å². The topological polar surface area (TPSA) is 33.2 Å². The van der Waals surface area contributed by atoms with Crippen molar-refractivity contribution < 1.29 is 9.18 Å². The van der Waals surface area contributed by atoms with E-state index in [0.29, 0.717) is 25.4 Å². The summed E-state index contributed by atoms with van der Waals surface area (Å²) < 4.78 is 13.7. The second-order valence-corrected chi connectivity index (χ2v) is 6.00. The molecule has 1 aromatic heterocycles. The second kappa shape index (κ2) is 5.50. The molecular weight excluding hydrogens is 299 g/mol. The standard InChI is InChI=1S/C14H12ClFN2OS/c15-7-13-17-11-5-6-18(8-12(11)20-13)14(19)9-3-1-2-4-10(9)16/h1-4H,5-8H2. The van der Waals surface area contributed by atoms with Gasteiger partial charge in [-0.2, -0.15) is 0 Å². The summed E-state index contributed by atoms with van der Waals surface area (Å²) in [5, 5.41) is 0.872. The Morgan fingerprint density at radius 3 is 3.00 bits per heavy atom. The molecule has 0 atom stereocenters. The van der Waals surface area contributed by atoms with Gasteiger partial charge in [0.15, 0.2) is 0 Å². The largest absolute Gasteiger partial charge is 0.333 e. The van der Waals surface area contributed by atoms with E-state index in [2.05, 4.69) is 4.98 Å². The Balaban J connectivity index is 1.83. The number of aromatic nitrogens is 1. The van der Waals surface area contributed by atoms with Gasteiger partial charge in [0.2, 0.25) is 0 Å². The van der Waals surface area contributed by atoms with E-state index in [-0.39, 0.29) is 11.5 Å². The molecule has 0 aliphatic carbocycles. The second-order valence-electron chi connectivity index (χ2n) is 4.57. The average Bonchev–Trinajstić information content (AvgIpc) is 2.89. The van der Waals surface area contributed by atoms with Crippen LogP contribution < -0.4 is 0 Å². The summed E-state index contributed by atoms with van der Waals surface area (Å²) in [7, 11) is 0. The van der Waals surface area contributed by atoms with E-state index in [9.17, 15) is 9.18 Å². The Hall–Kier alpha value is -1.46. The molecule has 0 saturated carbocycles. The highest BCUT2D eigenvalue weighted by Gasteiger charge is 2.25. The Kier molecular flexibility index (Phi) is 3.72. The molecule has 0 fully saturated rings. The zero-order valence-electron chi connectivity index (χ0n) is 10.6. The Labute approximate surface area is 125 Å². The van der Waals surface area contributed by atoms with Crippen LogP contribution in [-0.2, 0) is 18.8 Å². The van der Waals surface area contributed by atoms with Crippen molar-refractivity contribution in [3.05, 3.63) is 51.2 Å². The summed E-state index contributed by atoms with van der Waals surface area (Å²) in [6.07, 6.45) is 0.697. The van der Waals surface area contributed by atoms with Crippen LogP contribution >= 0.6 is 22.9 Å². The maximum Gasteiger partial charge on any atom is 0.257 e. The number of amides is 1. The van der Waals surface area contributed by atoms with Gasteiger partial charge in [-0.1, -0.05) is 12.1 Å². The monoisotopic (exact) mass is 310 g/mol. The predicted molar refractivity (Wildman–Crippen MR) is 76.5 cm³/mol. The number of alkyl halides is 1. The number of carbonyl (C=O) groups is 1. The summed E-state index contributed by atoms with van der Waals surface area (Å²) in [6.45, 7) is 1.04. The molecule has 1 aliphatic heterocycles. The van der Waals surface area contributed by atoms with Crippen LogP contribution in [0.25, 0.3) is 0 Å². The molecule has 20 heavy (non-hydrogen) atoms. The van der Waals surface area contributed by atoms with E-state index < -0.39 is 5.82 Å². The Morgan fingerprint density at radius 1 is 1.45 bits per heavy atom. The van der Waals surface area contributed by atoms with Crippen LogP contribution in [0.15, 0.2) is 24.3 Å². The van der Waals surface area contributed by atoms with Crippen molar-refractivity contribution in [3.8, 4) is 0 Å². The lowest BCUT2D eigenvalue weighted by Crippen LogP contribution is -2.35. The summed E-state index contributed by atoms with van der Waals surface area (Å²) in [6, 6.07) is 6.07. The van der Waals surface area contributed by atoms with Crippen LogP contribution in [0.3, 0.4) is 0 Å². The normalized spacial score (nSPS) is 14.2. The van der Waals surface area contributed by atoms with Gasteiger partial charge in [0.1, 0.15) is 10.8 Å². The minimum atomic E-state index is -0.478. The van der Waals surface area contributed by atoms with E-state index in [1.807, 2.05) is 0 Å². The number of nitrogens with zero attached hydrogens (tertiary/aromatic N) is 2. The molecule has 0 bridgehead atoms. The molecule has 3 rings (SSSR count). The van der Waals surface area contributed by atoms with Crippen LogP contribution in [0.1, 0.15) is 25.9 Å². The average molecular weight is 311 g/mol. The number of carbonyl (C=O) groups excluding carboxylic acids is 1. The predicted octanol–water partition coefficient (Wildman–Crippen LogP) is 3.22. The molecule has 0 unspecified atom stereocenters. The third-order valence-electron chi connectivity index (χ3n) is 3.28. The molecule has 0 N–H and O–H groups in total. The van der Waals surface area contributed by atoms with Gasteiger partial charge < -0.3 is 4.90 Å². The number of halogens is 2. The molecule has 0 spiro atoms. The summed E-state index contributed by atoms with van der Waals surface area (Å²) >= 11 is 7.31. The van der Waals surface area contributed by atoms with Crippen LogP contribution in [-0.4, -0.2) is 22.3 Å². The number of hydrogen-bond donors (Lipinski definition) is 0. The van der Waals surface area contributed by atoms with Gasteiger partial charge in [0, 0.05) is 17.8 Å². The molecule has 3 nitrogen and oxygen atoms in total. The van der Waals surface area contributed by atoms with Gasteiger partial charge >= 0.3 is 0 Å². The number of hydrogen-bond acceptors (Lipinski definition) is 3. The molecule has 0 radical (unpaired) electrons. The summed E-state index contributed by atoms with van der Waals surface area (Å²) in [5.41, 5.74) is 1.14. The molecule has 1 amide bonds. The highest BCUT2D eigenvalue weighted by atomic mass is 35.5. The lowest BCUT2D eigenvalue weighted by molar-refractivity contribution is 0.0731. The molecule has 104 valence electrons. The highest BCUT2D eigenvalue weighted by Crippen LogP contribution is 2.27. The van der Waals surface area contributed by atoms with Gasteiger partial charge in [-0.3, -0.25) is 4.79 Å². The van der Waals surface area contributed by atoms with E-state index in [1.165, 1.54) is 23.5 Å². The molecule has 2 aromatic rings. The minimum absolute atomic E-state index is 0.123. The molecular formula is C14H12ClFN2OS. The van der Waals surface area contributed by atoms with Gasteiger partial charge in [-0.25, -0.2) is 9.37 Å². The summed E-state index contributed by atoms with van der Waals surface area (Å²) in [5.74, 6) is -0.359. The summed E-state index contributed by atoms with van der Waals surface area (Å²) in [4.78, 5) is 19.5. The van der Waals surface area contributed by atoms with Crippen molar-refractivity contribution in [1.82, 2.24) is 9.88 Å². The fourth-order valence-electron chi connectivity index (χ4n) is 2.28. The van der Waals surface area contributed by atoms with Crippen molar-refractivity contribution >= 4 is 28.8 Å². The smallest absolute Gasteiger partial charge is 0.257 e.